The summed E-state index contributed by atoms with van der Waals surface area (Å²) in [5, 5.41) is 12.5. The molecule has 3 unspecified atom stereocenters. The maximum Gasteiger partial charge on any atom is 0.408 e. The average Bonchev–Trinajstić information content (AvgIpc) is 3.03. The molecule has 36 heavy (non-hydrogen) atoms. The molecule has 204 valence electrons. The number of ketones is 2. The molecule has 10 nitrogen and oxygen atoms in total. The van der Waals surface area contributed by atoms with E-state index in [1.54, 1.807) is 20.8 Å². The number of fused-ring (bicyclic) bond motifs is 1. The van der Waals surface area contributed by atoms with Crippen LogP contribution in [0.2, 0.25) is 0 Å². The Labute approximate surface area is 213 Å². The van der Waals surface area contributed by atoms with Gasteiger partial charge < -0.3 is 25.8 Å². The third-order valence-corrected chi connectivity index (χ3v) is 7.28. The molecule has 2 rings (SSSR count). The molecule has 0 aromatic heterocycles. The summed E-state index contributed by atoms with van der Waals surface area (Å²) < 4.78 is 5.36. The highest BCUT2D eigenvalue weighted by Crippen LogP contribution is 2.65. The van der Waals surface area contributed by atoms with Crippen LogP contribution in [-0.4, -0.2) is 69.8 Å². The number of carbonyl (C=O) groups is 5. The molecule has 1 heterocycles. The van der Waals surface area contributed by atoms with Crippen molar-refractivity contribution in [3.63, 3.8) is 0 Å². The van der Waals surface area contributed by atoms with E-state index in [2.05, 4.69) is 5.32 Å². The molecule has 0 aromatic rings. The number of nitrogens with zero attached hydrogens (tertiary/aromatic N) is 1. The zero-order valence-corrected chi connectivity index (χ0v) is 23.0. The van der Waals surface area contributed by atoms with Gasteiger partial charge in [-0.2, -0.15) is 0 Å². The third-order valence-electron chi connectivity index (χ3n) is 7.28. The van der Waals surface area contributed by atoms with Gasteiger partial charge in [0.2, 0.25) is 11.7 Å². The highest BCUT2D eigenvalue weighted by atomic mass is 16.6. The smallest absolute Gasteiger partial charge is 0.408 e. The lowest BCUT2D eigenvalue weighted by Gasteiger charge is -2.38. The second kappa shape index (κ2) is 10.1. The summed E-state index contributed by atoms with van der Waals surface area (Å²) in [6, 6.07) is -1.76. The largest absolute Gasteiger partial charge is 0.444 e. The van der Waals surface area contributed by atoms with Crippen molar-refractivity contribution >= 4 is 29.5 Å². The number of likely N-dealkylation sites (tertiary alicyclic amines) is 1. The Balaban J connectivity index is 2.33. The number of Topliss-reactive ketones (excluding diaryl/α,β-unsaturated/α-hetero) is 2. The van der Waals surface area contributed by atoms with E-state index in [9.17, 15) is 29.1 Å². The average molecular weight is 510 g/mol. The number of nitrogens with two attached hydrogens (primary N) is 1. The molecule has 1 saturated heterocycles. The first kappa shape index (κ1) is 29.7. The van der Waals surface area contributed by atoms with Crippen LogP contribution in [0.5, 0.6) is 0 Å². The van der Waals surface area contributed by atoms with Crippen LogP contribution >= 0.6 is 0 Å². The van der Waals surface area contributed by atoms with Crippen LogP contribution < -0.4 is 11.1 Å². The van der Waals surface area contributed by atoms with Crippen LogP contribution in [-0.2, 0) is 23.9 Å². The lowest BCUT2D eigenvalue weighted by Crippen LogP contribution is -2.58. The maximum atomic E-state index is 13.8. The molecule has 0 spiro atoms. The van der Waals surface area contributed by atoms with Crippen LogP contribution in [0.15, 0.2) is 0 Å². The van der Waals surface area contributed by atoms with Gasteiger partial charge in [0.15, 0.2) is 5.78 Å². The van der Waals surface area contributed by atoms with Crippen molar-refractivity contribution in [1.82, 2.24) is 10.2 Å². The van der Waals surface area contributed by atoms with Crippen molar-refractivity contribution in [1.29, 1.82) is 0 Å². The molecule has 3 amide bonds. The molecule has 10 heteroatoms. The summed E-state index contributed by atoms with van der Waals surface area (Å²) in [5.41, 5.74) is 3.58. The van der Waals surface area contributed by atoms with E-state index in [0.29, 0.717) is 6.54 Å². The molecule has 2 fully saturated rings. The van der Waals surface area contributed by atoms with Crippen molar-refractivity contribution in [3.8, 4) is 0 Å². The fourth-order valence-electron chi connectivity index (χ4n) is 5.38. The zero-order chi connectivity index (χ0) is 28.0. The van der Waals surface area contributed by atoms with Crippen molar-refractivity contribution in [2.24, 2.45) is 34.3 Å². The Hall–Kier alpha value is -2.49. The van der Waals surface area contributed by atoms with Crippen molar-refractivity contribution in [2.75, 3.05) is 6.54 Å². The molecule has 2 aliphatic rings. The molecule has 0 aromatic carbocycles. The van der Waals surface area contributed by atoms with Crippen LogP contribution in [0.4, 0.5) is 4.79 Å². The predicted octanol–water partition coefficient (Wildman–Crippen LogP) is 1.81. The number of alkyl carbamates (subject to hydrolysis) is 1. The van der Waals surface area contributed by atoms with Crippen molar-refractivity contribution in [3.05, 3.63) is 0 Å². The minimum atomic E-state index is -1.16. The summed E-state index contributed by atoms with van der Waals surface area (Å²) in [5.74, 6) is -3.90. The Bertz CT molecular complexity index is 913. The molecule has 0 bridgehead atoms. The number of piperidine rings is 1. The van der Waals surface area contributed by atoms with E-state index in [1.807, 2.05) is 34.6 Å². The highest BCUT2D eigenvalue weighted by Gasteiger charge is 2.69. The van der Waals surface area contributed by atoms with Gasteiger partial charge in [0, 0.05) is 18.9 Å². The molecule has 4 N–H and O–H groups in total. The highest BCUT2D eigenvalue weighted by molar-refractivity contribution is 6.36. The second-order valence-electron chi connectivity index (χ2n) is 13.0. The maximum absolute atomic E-state index is 13.8. The first-order valence-corrected chi connectivity index (χ1v) is 12.5. The SMILES string of the molecule is CC(O)CC(CC(=O)[C@@H]1[C@@H]2[C@H](CN1C(=O)C(NC(=O)OC(C)(C)C)C(C)(C)C)C2(C)C)C(=O)C(N)=O. The van der Waals surface area contributed by atoms with Gasteiger partial charge in [-0.15, -0.1) is 0 Å². The number of carbonyl (C=O) groups excluding carboxylic acids is 5. The summed E-state index contributed by atoms with van der Waals surface area (Å²) in [6.07, 6.45) is -2.04. The molecule has 1 saturated carbocycles. The predicted molar refractivity (Wildman–Crippen MR) is 132 cm³/mol. The fraction of sp³-hybridized carbons (Fsp3) is 0.808. The minimum Gasteiger partial charge on any atom is -0.444 e. The van der Waals surface area contributed by atoms with Crippen molar-refractivity contribution in [2.45, 2.75) is 98.9 Å². The van der Waals surface area contributed by atoms with Crippen LogP contribution in [0, 0.1) is 28.6 Å². The third kappa shape index (κ3) is 6.63. The van der Waals surface area contributed by atoms with Gasteiger partial charge >= 0.3 is 6.09 Å². The van der Waals surface area contributed by atoms with Gasteiger partial charge in [-0.1, -0.05) is 34.6 Å². The molecule has 0 radical (unpaired) electrons. The number of rotatable bonds is 9. The number of aliphatic hydroxyl groups excluding tert-OH is 1. The normalized spacial score (nSPS) is 25.3. The monoisotopic (exact) mass is 509 g/mol. The topological polar surface area (TPSA) is 156 Å². The molecule has 1 aliphatic carbocycles. The Morgan fingerprint density at radius 3 is 2.11 bits per heavy atom. The lowest BCUT2D eigenvalue weighted by molar-refractivity contribution is -0.145. The van der Waals surface area contributed by atoms with E-state index in [4.69, 9.17) is 10.5 Å². The van der Waals surface area contributed by atoms with Crippen LogP contribution in [0.3, 0.4) is 0 Å². The van der Waals surface area contributed by atoms with Gasteiger partial charge in [-0.05, 0) is 56.8 Å². The van der Waals surface area contributed by atoms with Crippen molar-refractivity contribution < 1.29 is 33.8 Å². The molecular formula is C26H43N3O7. The zero-order valence-electron chi connectivity index (χ0n) is 23.0. The summed E-state index contributed by atoms with van der Waals surface area (Å²) >= 11 is 0. The van der Waals surface area contributed by atoms with Gasteiger partial charge in [-0.25, -0.2) is 4.79 Å². The van der Waals surface area contributed by atoms with E-state index in [1.165, 1.54) is 11.8 Å². The van der Waals surface area contributed by atoms with E-state index >= 15 is 0 Å². The molecular weight excluding hydrogens is 466 g/mol. The van der Waals surface area contributed by atoms with E-state index in [0.717, 1.165) is 0 Å². The number of hydrogen-bond donors (Lipinski definition) is 3. The Morgan fingerprint density at radius 1 is 1.11 bits per heavy atom. The fourth-order valence-corrected chi connectivity index (χ4v) is 5.38. The van der Waals surface area contributed by atoms with Gasteiger partial charge in [-0.3, -0.25) is 19.2 Å². The lowest BCUT2D eigenvalue weighted by atomic mass is 9.84. The number of nitrogens with one attached hydrogen (secondary N) is 1. The first-order chi connectivity index (χ1) is 16.2. The number of hydrogen-bond acceptors (Lipinski definition) is 7. The number of aliphatic hydroxyl groups is 1. The second-order valence-corrected chi connectivity index (χ2v) is 13.0. The first-order valence-electron chi connectivity index (χ1n) is 12.5. The number of amides is 3. The summed E-state index contributed by atoms with van der Waals surface area (Å²) in [6.45, 7) is 16.5. The van der Waals surface area contributed by atoms with Gasteiger partial charge in [0.1, 0.15) is 11.6 Å². The number of primary amides is 1. The number of ether oxygens (including phenoxy) is 1. The van der Waals surface area contributed by atoms with E-state index in [-0.39, 0.29) is 35.9 Å². The van der Waals surface area contributed by atoms with Gasteiger partial charge in [0.05, 0.1) is 12.1 Å². The van der Waals surface area contributed by atoms with Crippen LogP contribution in [0.25, 0.3) is 0 Å². The van der Waals surface area contributed by atoms with Gasteiger partial charge in [0.25, 0.3) is 5.91 Å². The minimum absolute atomic E-state index is 0.0868. The summed E-state index contributed by atoms with van der Waals surface area (Å²) in [4.78, 5) is 65.3. The van der Waals surface area contributed by atoms with Crippen LogP contribution in [0.1, 0.15) is 75.2 Å². The Morgan fingerprint density at radius 2 is 1.67 bits per heavy atom. The van der Waals surface area contributed by atoms with E-state index < -0.39 is 58.8 Å². The molecule has 6 atom stereocenters. The summed E-state index contributed by atoms with van der Waals surface area (Å²) in [7, 11) is 0. The standard InChI is InChI=1S/C26H43N3O7/c1-13(30)10-14(19(32)21(27)33)11-16(31)18-17-15(26(17,8)9)12-29(18)22(34)20(24(2,3)4)28-23(35)36-25(5,6)7/h13-15,17-18,20,30H,10-12H2,1-9H3,(H2,27,33)(H,28,35)/t13?,14?,15-,17-,18+,20?/m0/s1. The Kier molecular flexibility index (Phi) is 8.35. The molecule has 1 aliphatic heterocycles. The quantitative estimate of drug-likeness (QED) is 0.400.